The second-order valence-corrected chi connectivity index (χ2v) is 7.77. The van der Waals surface area contributed by atoms with Crippen molar-refractivity contribution in [2.75, 3.05) is 13.7 Å². The lowest BCUT2D eigenvalue weighted by molar-refractivity contribution is -0.145. The molecule has 166 valence electrons. The van der Waals surface area contributed by atoms with Gasteiger partial charge in [0.15, 0.2) is 0 Å². The summed E-state index contributed by atoms with van der Waals surface area (Å²) in [6.45, 7) is 0.504. The molecule has 3 aromatic carbocycles. The third kappa shape index (κ3) is 7.13. The SMILES string of the molecule is COC(=O)[C@@H](Cc1ccccc1)NC(=O)Cc1ccc(OCCc2ccccc2)c(Cl)c1. The van der Waals surface area contributed by atoms with Crippen molar-refractivity contribution in [3.05, 3.63) is 101 Å². The smallest absolute Gasteiger partial charge is 0.328 e. The average Bonchev–Trinajstić information content (AvgIpc) is 2.81. The van der Waals surface area contributed by atoms with Crippen LogP contribution in [-0.2, 0) is 33.6 Å². The van der Waals surface area contributed by atoms with Crippen molar-refractivity contribution >= 4 is 23.5 Å². The Hall–Kier alpha value is -3.31. The molecule has 0 fully saturated rings. The molecule has 0 heterocycles. The molecule has 0 bridgehead atoms. The van der Waals surface area contributed by atoms with E-state index >= 15 is 0 Å². The fraction of sp³-hybridized carbons (Fsp3) is 0.231. The van der Waals surface area contributed by atoms with Gasteiger partial charge in [-0.25, -0.2) is 4.79 Å². The van der Waals surface area contributed by atoms with Crippen molar-refractivity contribution in [1.29, 1.82) is 0 Å². The zero-order valence-electron chi connectivity index (χ0n) is 17.9. The Morgan fingerprint density at radius 2 is 1.56 bits per heavy atom. The number of esters is 1. The zero-order valence-corrected chi connectivity index (χ0v) is 18.7. The quantitative estimate of drug-likeness (QED) is 0.464. The van der Waals surface area contributed by atoms with Gasteiger partial charge in [0.25, 0.3) is 0 Å². The molecule has 3 aromatic rings. The number of amides is 1. The summed E-state index contributed by atoms with van der Waals surface area (Å²) in [6.07, 6.45) is 1.22. The molecular weight excluding hydrogens is 426 g/mol. The summed E-state index contributed by atoms with van der Waals surface area (Å²) in [4.78, 5) is 24.7. The second kappa shape index (κ2) is 11.9. The highest BCUT2D eigenvalue weighted by Gasteiger charge is 2.22. The number of hydrogen-bond acceptors (Lipinski definition) is 4. The lowest BCUT2D eigenvalue weighted by Gasteiger charge is -2.17. The van der Waals surface area contributed by atoms with Gasteiger partial charge in [-0.1, -0.05) is 78.3 Å². The minimum atomic E-state index is -0.758. The molecule has 0 aliphatic rings. The van der Waals surface area contributed by atoms with Crippen LogP contribution in [0.1, 0.15) is 16.7 Å². The highest BCUT2D eigenvalue weighted by Crippen LogP contribution is 2.26. The molecule has 0 saturated carbocycles. The number of nitrogens with one attached hydrogen (secondary N) is 1. The molecule has 32 heavy (non-hydrogen) atoms. The van der Waals surface area contributed by atoms with Crippen LogP contribution in [0.15, 0.2) is 78.9 Å². The van der Waals surface area contributed by atoms with Gasteiger partial charge >= 0.3 is 5.97 Å². The molecule has 0 radical (unpaired) electrons. The van der Waals surface area contributed by atoms with E-state index in [-0.39, 0.29) is 12.3 Å². The maximum absolute atomic E-state index is 12.6. The maximum Gasteiger partial charge on any atom is 0.328 e. The molecule has 0 unspecified atom stereocenters. The molecule has 0 spiro atoms. The predicted molar refractivity (Wildman–Crippen MR) is 125 cm³/mol. The first kappa shape index (κ1) is 23.4. The van der Waals surface area contributed by atoms with E-state index in [2.05, 4.69) is 5.32 Å². The first-order valence-corrected chi connectivity index (χ1v) is 10.8. The summed E-state index contributed by atoms with van der Waals surface area (Å²) >= 11 is 6.35. The largest absolute Gasteiger partial charge is 0.492 e. The molecule has 1 atom stereocenters. The van der Waals surface area contributed by atoms with Crippen LogP contribution in [0.4, 0.5) is 0 Å². The molecule has 0 aliphatic heterocycles. The molecule has 0 aromatic heterocycles. The van der Waals surface area contributed by atoms with Crippen LogP contribution in [0, 0.1) is 0 Å². The number of halogens is 1. The number of rotatable bonds is 10. The standard InChI is InChI=1S/C26H26ClNO4/c1-31-26(30)23(17-20-10-6-3-7-11-20)28-25(29)18-21-12-13-24(22(27)16-21)32-15-14-19-8-4-2-5-9-19/h2-13,16,23H,14-15,17-18H2,1H3,(H,28,29)/t23-/m1/s1. The lowest BCUT2D eigenvalue weighted by atomic mass is 10.1. The van der Waals surface area contributed by atoms with E-state index < -0.39 is 12.0 Å². The Balaban J connectivity index is 1.55. The van der Waals surface area contributed by atoms with Crippen molar-refractivity contribution in [1.82, 2.24) is 5.32 Å². The summed E-state index contributed by atoms with van der Waals surface area (Å²) in [5.74, 6) is -0.198. The van der Waals surface area contributed by atoms with Crippen molar-refractivity contribution in [3.63, 3.8) is 0 Å². The van der Waals surface area contributed by atoms with Gasteiger partial charge in [0.2, 0.25) is 5.91 Å². The van der Waals surface area contributed by atoms with Crippen LogP contribution < -0.4 is 10.1 Å². The highest BCUT2D eigenvalue weighted by atomic mass is 35.5. The van der Waals surface area contributed by atoms with E-state index in [4.69, 9.17) is 21.1 Å². The first-order chi connectivity index (χ1) is 15.5. The van der Waals surface area contributed by atoms with Gasteiger partial charge in [-0.15, -0.1) is 0 Å². The third-order valence-electron chi connectivity index (χ3n) is 4.96. The zero-order chi connectivity index (χ0) is 22.8. The van der Waals surface area contributed by atoms with E-state index in [1.165, 1.54) is 12.7 Å². The number of benzene rings is 3. The summed E-state index contributed by atoms with van der Waals surface area (Å²) in [5, 5.41) is 3.21. The van der Waals surface area contributed by atoms with Gasteiger partial charge in [-0.3, -0.25) is 4.79 Å². The number of ether oxygens (including phenoxy) is 2. The van der Waals surface area contributed by atoms with E-state index in [0.717, 1.165) is 17.5 Å². The van der Waals surface area contributed by atoms with Gasteiger partial charge < -0.3 is 14.8 Å². The van der Waals surface area contributed by atoms with Crippen molar-refractivity contribution in [2.24, 2.45) is 0 Å². The Labute approximate surface area is 193 Å². The van der Waals surface area contributed by atoms with E-state index in [1.807, 2.05) is 60.7 Å². The average molecular weight is 452 g/mol. The van der Waals surface area contributed by atoms with Crippen molar-refractivity contribution in [2.45, 2.75) is 25.3 Å². The van der Waals surface area contributed by atoms with Gasteiger partial charge in [-0.05, 0) is 28.8 Å². The monoisotopic (exact) mass is 451 g/mol. The second-order valence-electron chi connectivity index (χ2n) is 7.36. The van der Waals surface area contributed by atoms with Gasteiger partial charge in [0.1, 0.15) is 11.8 Å². The molecule has 5 nitrogen and oxygen atoms in total. The van der Waals surface area contributed by atoms with E-state index in [0.29, 0.717) is 23.8 Å². The fourth-order valence-corrected chi connectivity index (χ4v) is 3.57. The van der Waals surface area contributed by atoms with Crippen LogP contribution in [0.25, 0.3) is 0 Å². The maximum atomic E-state index is 12.6. The summed E-state index contributed by atoms with van der Waals surface area (Å²) < 4.78 is 10.6. The van der Waals surface area contributed by atoms with Crippen LogP contribution in [0.3, 0.4) is 0 Å². The fourth-order valence-electron chi connectivity index (χ4n) is 3.31. The Kier molecular flexibility index (Phi) is 8.70. The van der Waals surface area contributed by atoms with Crippen LogP contribution in [0.2, 0.25) is 5.02 Å². The molecule has 0 aliphatic carbocycles. The number of methoxy groups -OCH3 is 1. The van der Waals surface area contributed by atoms with Crippen LogP contribution in [-0.4, -0.2) is 31.6 Å². The topological polar surface area (TPSA) is 64.6 Å². The summed E-state index contributed by atoms with van der Waals surface area (Å²) in [7, 11) is 1.31. The first-order valence-electron chi connectivity index (χ1n) is 10.4. The van der Waals surface area contributed by atoms with Gasteiger partial charge in [-0.2, -0.15) is 0 Å². The molecule has 3 rings (SSSR count). The normalized spacial score (nSPS) is 11.4. The number of hydrogen-bond donors (Lipinski definition) is 1. The number of carbonyl (C=O) groups is 2. The van der Waals surface area contributed by atoms with Crippen molar-refractivity contribution in [3.8, 4) is 5.75 Å². The Morgan fingerprint density at radius 3 is 2.19 bits per heavy atom. The van der Waals surface area contributed by atoms with E-state index in [1.54, 1.807) is 18.2 Å². The molecule has 0 saturated heterocycles. The predicted octanol–water partition coefficient (Wildman–Crippen LogP) is 4.40. The molecule has 1 N–H and O–H groups in total. The van der Waals surface area contributed by atoms with Crippen molar-refractivity contribution < 1.29 is 19.1 Å². The molecule has 6 heteroatoms. The summed E-state index contributed by atoms with van der Waals surface area (Å²) in [5.41, 5.74) is 2.85. The number of carbonyl (C=O) groups excluding carboxylic acids is 2. The minimum absolute atomic E-state index is 0.0896. The molecule has 1 amide bonds. The Morgan fingerprint density at radius 1 is 0.906 bits per heavy atom. The van der Waals surface area contributed by atoms with E-state index in [9.17, 15) is 9.59 Å². The Bertz CT molecular complexity index is 1020. The molecular formula is C26H26ClNO4. The van der Waals surface area contributed by atoms with Crippen LogP contribution in [0.5, 0.6) is 5.75 Å². The lowest BCUT2D eigenvalue weighted by Crippen LogP contribution is -2.43. The highest BCUT2D eigenvalue weighted by molar-refractivity contribution is 6.32. The van der Waals surface area contributed by atoms with Gasteiger partial charge in [0, 0.05) is 12.8 Å². The van der Waals surface area contributed by atoms with Gasteiger partial charge in [0.05, 0.1) is 25.2 Å². The third-order valence-corrected chi connectivity index (χ3v) is 5.25. The van der Waals surface area contributed by atoms with Crippen LogP contribution >= 0.6 is 11.6 Å². The summed E-state index contributed by atoms with van der Waals surface area (Å²) in [6, 6.07) is 24.0. The minimum Gasteiger partial charge on any atom is -0.492 e.